The molecule has 1 aliphatic rings. The number of amides is 1. The van der Waals surface area contributed by atoms with E-state index in [2.05, 4.69) is 36.9 Å². The number of rotatable bonds is 4. The lowest BCUT2D eigenvalue weighted by atomic mass is 9.85. The van der Waals surface area contributed by atoms with Gasteiger partial charge in [0.05, 0.1) is 17.5 Å². The minimum Gasteiger partial charge on any atom is -0.339 e. The Labute approximate surface area is 129 Å². The summed E-state index contributed by atoms with van der Waals surface area (Å²) >= 11 is 0. The maximum absolute atomic E-state index is 12.1. The average molecular weight is 306 g/mol. The lowest BCUT2D eigenvalue weighted by molar-refractivity contribution is -0.385. The molecule has 3 N–H and O–H groups in total. The van der Waals surface area contributed by atoms with Gasteiger partial charge in [-0.15, -0.1) is 0 Å². The fourth-order valence-corrected chi connectivity index (χ4v) is 2.48. The van der Waals surface area contributed by atoms with Gasteiger partial charge in [-0.2, -0.15) is 0 Å². The van der Waals surface area contributed by atoms with E-state index in [4.69, 9.17) is 0 Å². The van der Waals surface area contributed by atoms with Gasteiger partial charge in [-0.1, -0.05) is 39.0 Å². The van der Waals surface area contributed by atoms with E-state index in [-0.39, 0.29) is 35.6 Å². The van der Waals surface area contributed by atoms with Crippen molar-refractivity contribution < 1.29 is 9.72 Å². The lowest BCUT2D eigenvalue weighted by Gasteiger charge is -2.25. The molecule has 2 atom stereocenters. The monoisotopic (exact) mass is 306 g/mol. The molecule has 7 nitrogen and oxygen atoms in total. The van der Waals surface area contributed by atoms with Crippen molar-refractivity contribution in [2.45, 2.75) is 45.8 Å². The fraction of sp³-hybridized carbons (Fsp3) is 0.533. The second kappa shape index (κ2) is 6.41. The van der Waals surface area contributed by atoms with Crippen molar-refractivity contribution in [3.63, 3.8) is 0 Å². The van der Waals surface area contributed by atoms with E-state index >= 15 is 0 Å². The first-order valence-electron chi connectivity index (χ1n) is 7.30. The van der Waals surface area contributed by atoms with Gasteiger partial charge in [0, 0.05) is 17.7 Å². The van der Waals surface area contributed by atoms with Gasteiger partial charge in [-0.05, 0) is 11.8 Å². The number of carbonyl (C=O) groups is 1. The molecule has 1 aromatic carbocycles. The van der Waals surface area contributed by atoms with Crippen molar-refractivity contribution in [2.75, 3.05) is 0 Å². The van der Waals surface area contributed by atoms with Crippen LogP contribution in [0.1, 0.15) is 32.8 Å². The van der Waals surface area contributed by atoms with Gasteiger partial charge in [0.2, 0.25) is 5.91 Å². The van der Waals surface area contributed by atoms with Crippen molar-refractivity contribution in [3.05, 3.63) is 39.9 Å². The number of nitrogens with zero attached hydrogens (tertiary/aromatic N) is 1. The second-order valence-corrected chi connectivity index (χ2v) is 6.63. The molecular formula is C15H22N4O3. The van der Waals surface area contributed by atoms with Gasteiger partial charge in [-0.25, -0.2) is 5.43 Å². The minimum atomic E-state index is -0.465. The predicted octanol–water partition coefficient (Wildman–Crippen LogP) is 1.49. The van der Waals surface area contributed by atoms with Gasteiger partial charge < -0.3 is 5.32 Å². The molecule has 0 aromatic heterocycles. The highest BCUT2D eigenvalue weighted by Gasteiger charge is 2.33. The molecule has 0 aliphatic carbocycles. The first kappa shape index (κ1) is 16.4. The van der Waals surface area contributed by atoms with E-state index in [1.807, 2.05) is 0 Å². The molecule has 0 radical (unpaired) electrons. The molecule has 2 unspecified atom stereocenters. The van der Waals surface area contributed by atoms with Crippen molar-refractivity contribution in [1.29, 1.82) is 0 Å². The Morgan fingerprint density at radius 2 is 2.05 bits per heavy atom. The van der Waals surface area contributed by atoms with Crippen LogP contribution in [0.5, 0.6) is 0 Å². The highest BCUT2D eigenvalue weighted by Crippen LogP contribution is 2.24. The first-order chi connectivity index (χ1) is 10.3. The van der Waals surface area contributed by atoms with Crippen molar-refractivity contribution in [3.8, 4) is 0 Å². The van der Waals surface area contributed by atoms with E-state index in [1.165, 1.54) is 6.07 Å². The van der Waals surface area contributed by atoms with Crippen molar-refractivity contribution >= 4 is 11.6 Å². The zero-order chi connectivity index (χ0) is 16.3. The molecule has 0 saturated carbocycles. The number of benzene rings is 1. The van der Waals surface area contributed by atoms with E-state index in [0.717, 1.165) is 6.42 Å². The summed E-state index contributed by atoms with van der Waals surface area (Å²) in [6, 6.07) is 6.56. The molecule has 22 heavy (non-hydrogen) atoms. The molecule has 1 saturated heterocycles. The topological polar surface area (TPSA) is 96.3 Å². The summed E-state index contributed by atoms with van der Waals surface area (Å²) in [7, 11) is 0. The highest BCUT2D eigenvalue weighted by molar-refractivity contribution is 5.80. The summed E-state index contributed by atoms with van der Waals surface area (Å²) in [5, 5.41) is 13.8. The highest BCUT2D eigenvalue weighted by atomic mass is 16.6. The van der Waals surface area contributed by atoms with Crippen LogP contribution in [-0.4, -0.2) is 23.0 Å². The van der Waals surface area contributed by atoms with Gasteiger partial charge >= 0.3 is 0 Å². The molecule has 1 amide bonds. The largest absolute Gasteiger partial charge is 0.339 e. The third kappa shape index (κ3) is 4.02. The van der Waals surface area contributed by atoms with Crippen LogP contribution < -0.4 is 16.2 Å². The van der Waals surface area contributed by atoms with Crippen LogP contribution in [-0.2, 0) is 11.2 Å². The van der Waals surface area contributed by atoms with Gasteiger partial charge in [-0.3, -0.25) is 20.3 Å². The van der Waals surface area contributed by atoms with E-state index in [9.17, 15) is 14.9 Å². The number of nitro groups is 1. The number of hydrogen-bond acceptors (Lipinski definition) is 5. The Morgan fingerprint density at radius 1 is 1.36 bits per heavy atom. The van der Waals surface area contributed by atoms with Gasteiger partial charge in [0.15, 0.2) is 0 Å². The Hall–Kier alpha value is -1.99. The predicted molar refractivity (Wildman–Crippen MR) is 82.9 cm³/mol. The van der Waals surface area contributed by atoms with Crippen LogP contribution in [0.2, 0.25) is 0 Å². The molecule has 1 fully saturated rings. The average Bonchev–Trinajstić information content (AvgIpc) is 2.87. The Kier molecular flexibility index (Phi) is 4.77. The van der Waals surface area contributed by atoms with Crippen LogP contribution in [0.4, 0.5) is 5.69 Å². The Bertz CT molecular complexity index is 568. The summed E-state index contributed by atoms with van der Waals surface area (Å²) in [5.41, 5.74) is 6.71. The van der Waals surface area contributed by atoms with Crippen molar-refractivity contribution in [2.24, 2.45) is 5.41 Å². The maximum Gasteiger partial charge on any atom is 0.273 e. The smallest absolute Gasteiger partial charge is 0.273 e. The standard InChI is InChI=1S/C15H22N4O3/c1-15(2,3)12-9-13(18-17-12)16-14(20)8-10-6-4-5-7-11(10)19(21)22/h4-7,12-13,17-18H,8-9H2,1-3H3,(H,16,20). The maximum atomic E-state index is 12.1. The summed E-state index contributed by atoms with van der Waals surface area (Å²) < 4.78 is 0. The van der Waals surface area contributed by atoms with Crippen LogP contribution in [0.25, 0.3) is 0 Å². The van der Waals surface area contributed by atoms with E-state index < -0.39 is 4.92 Å². The summed E-state index contributed by atoms with van der Waals surface area (Å²) in [5.74, 6) is -0.233. The first-order valence-corrected chi connectivity index (χ1v) is 7.30. The fourth-order valence-electron chi connectivity index (χ4n) is 2.48. The number of para-hydroxylation sites is 1. The number of hydrogen-bond donors (Lipinski definition) is 3. The molecular weight excluding hydrogens is 284 g/mol. The third-order valence-corrected chi connectivity index (χ3v) is 3.82. The van der Waals surface area contributed by atoms with Crippen LogP contribution in [0, 0.1) is 15.5 Å². The molecule has 0 bridgehead atoms. The molecule has 7 heteroatoms. The van der Waals surface area contributed by atoms with E-state index in [0.29, 0.717) is 5.56 Å². The SMILES string of the molecule is CC(C)(C)C1CC(NC(=O)Cc2ccccc2[N+](=O)[O-])NN1. The Balaban J connectivity index is 1.93. The number of hydrazine groups is 1. The van der Waals surface area contributed by atoms with Crippen molar-refractivity contribution in [1.82, 2.24) is 16.2 Å². The normalized spacial score (nSPS) is 21.6. The third-order valence-electron chi connectivity index (χ3n) is 3.82. The van der Waals surface area contributed by atoms with Crippen LogP contribution >= 0.6 is 0 Å². The van der Waals surface area contributed by atoms with Crippen LogP contribution in [0.15, 0.2) is 24.3 Å². The van der Waals surface area contributed by atoms with Gasteiger partial charge in [0.1, 0.15) is 0 Å². The zero-order valence-electron chi connectivity index (χ0n) is 13.1. The lowest BCUT2D eigenvalue weighted by Crippen LogP contribution is -2.45. The minimum absolute atomic E-state index is 0.00445. The number of nitrogens with one attached hydrogen (secondary N) is 3. The molecule has 0 spiro atoms. The Morgan fingerprint density at radius 3 is 2.64 bits per heavy atom. The zero-order valence-corrected chi connectivity index (χ0v) is 13.1. The number of carbonyl (C=O) groups excluding carboxylic acids is 1. The van der Waals surface area contributed by atoms with Gasteiger partial charge in [0.25, 0.3) is 5.69 Å². The van der Waals surface area contributed by atoms with E-state index in [1.54, 1.807) is 18.2 Å². The van der Waals surface area contributed by atoms with Crippen LogP contribution in [0.3, 0.4) is 0 Å². The molecule has 120 valence electrons. The summed E-state index contributed by atoms with van der Waals surface area (Å²) in [6.07, 6.45) is 0.598. The second-order valence-electron chi connectivity index (χ2n) is 6.63. The molecule has 1 aliphatic heterocycles. The quantitative estimate of drug-likeness (QED) is 0.578. The molecule has 1 heterocycles. The molecule has 2 rings (SSSR count). The number of nitro benzene ring substituents is 1. The summed E-state index contributed by atoms with van der Waals surface area (Å²) in [6.45, 7) is 6.39. The summed E-state index contributed by atoms with van der Waals surface area (Å²) in [4.78, 5) is 22.6. The molecule has 1 aromatic rings.